The lowest BCUT2D eigenvalue weighted by molar-refractivity contribution is -0.131. The van der Waals surface area contributed by atoms with Gasteiger partial charge in [-0.3, -0.25) is 9.78 Å². The predicted octanol–water partition coefficient (Wildman–Crippen LogP) is 1.82. The Balaban J connectivity index is 1.75. The normalized spacial score (nSPS) is 17.6. The lowest BCUT2D eigenvalue weighted by atomic mass is 10.1. The largest absolute Gasteiger partial charge is 0.334 e. The number of pyridine rings is 1. The van der Waals surface area contributed by atoms with Gasteiger partial charge in [0.2, 0.25) is 5.91 Å². The van der Waals surface area contributed by atoms with Crippen LogP contribution in [0.5, 0.6) is 0 Å². The van der Waals surface area contributed by atoms with E-state index in [1.807, 2.05) is 35.5 Å². The van der Waals surface area contributed by atoms with Crippen LogP contribution in [-0.4, -0.2) is 56.4 Å². The summed E-state index contributed by atoms with van der Waals surface area (Å²) >= 11 is 0. The van der Waals surface area contributed by atoms with Gasteiger partial charge < -0.3 is 14.4 Å². The molecule has 6 nitrogen and oxygen atoms in total. The molecule has 1 amide bonds. The molecule has 1 aliphatic heterocycles. The van der Waals surface area contributed by atoms with E-state index in [4.69, 9.17) is 0 Å². The molecule has 2 aromatic rings. The van der Waals surface area contributed by atoms with Crippen LogP contribution in [-0.2, 0) is 24.3 Å². The second-order valence-electron chi connectivity index (χ2n) is 7.17. The molecule has 1 atom stereocenters. The van der Waals surface area contributed by atoms with Crippen LogP contribution < -0.4 is 0 Å². The summed E-state index contributed by atoms with van der Waals surface area (Å²) in [5.74, 6) is 1.46. The van der Waals surface area contributed by atoms with Gasteiger partial charge in [0.05, 0.1) is 13.0 Å². The van der Waals surface area contributed by atoms with E-state index in [9.17, 15) is 4.79 Å². The quantitative estimate of drug-likeness (QED) is 0.832. The Morgan fingerprint density at radius 2 is 2.12 bits per heavy atom. The number of fused-ring (bicyclic) bond motifs is 1. The Kier molecular flexibility index (Phi) is 5.48. The van der Waals surface area contributed by atoms with Crippen LogP contribution in [0, 0.1) is 5.92 Å². The maximum absolute atomic E-state index is 12.9. The molecule has 6 heteroatoms. The predicted molar refractivity (Wildman–Crippen MR) is 96.8 cm³/mol. The standard InChI is InChI=1S/C19H27N5O/c1-15(2)22(3)11-16-12-23-9-8-21-18(23)14-24(13-16)19(25)10-17-6-4-5-7-20-17/h4-9,15-16H,10-14H2,1-3H3. The highest BCUT2D eigenvalue weighted by Crippen LogP contribution is 2.18. The van der Waals surface area contributed by atoms with Crippen LogP contribution in [0.3, 0.4) is 0 Å². The van der Waals surface area contributed by atoms with Gasteiger partial charge in [-0.25, -0.2) is 4.98 Å². The number of aromatic nitrogens is 3. The first-order valence-electron chi connectivity index (χ1n) is 8.91. The molecule has 0 bridgehead atoms. The number of imidazole rings is 1. The van der Waals surface area contributed by atoms with E-state index in [0.717, 1.165) is 31.2 Å². The molecule has 0 saturated carbocycles. The fraction of sp³-hybridized carbons (Fsp3) is 0.526. The molecule has 0 saturated heterocycles. The Bertz CT molecular complexity index is 697. The summed E-state index contributed by atoms with van der Waals surface area (Å²) in [6, 6.07) is 6.18. The monoisotopic (exact) mass is 341 g/mol. The van der Waals surface area contributed by atoms with E-state index in [-0.39, 0.29) is 5.91 Å². The third-order valence-electron chi connectivity index (χ3n) is 4.91. The zero-order chi connectivity index (χ0) is 17.8. The lowest BCUT2D eigenvalue weighted by Gasteiger charge is -2.29. The SMILES string of the molecule is CC(C)N(C)CC1CN(C(=O)Cc2ccccn2)Cc2nccn2C1. The fourth-order valence-electron chi connectivity index (χ4n) is 3.23. The highest BCUT2D eigenvalue weighted by atomic mass is 16.2. The maximum atomic E-state index is 12.9. The van der Waals surface area contributed by atoms with Crippen molar-refractivity contribution < 1.29 is 4.79 Å². The summed E-state index contributed by atoms with van der Waals surface area (Å²) < 4.78 is 2.19. The topological polar surface area (TPSA) is 54.3 Å². The van der Waals surface area contributed by atoms with Gasteiger partial charge in [-0.1, -0.05) is 6.07 Å². The van der Waals surface area contributed by atoms with Crippen molar-refractivity contribution in [1.29, 1.82) is 0 Å². The second-order valence-corrected chi connectivity index (χ2v) is 7.17. The second kappa shape index (κ2) is 7.78. The van der Waals surface area contributed by atoms with Gasteiger partial charge in [0.1, 0.15) is 5.82 Å². The third-order valence-corrected chi connectivity index (χ3v) is 4.91. The zero-order valence-electron chi connectivity index (χ0n) is 15.3. The smallest absolute Gasteiger partial charge is 0.229 e. The molecule has 0 spiro atoms. The minimum atomic E-state index is 0.118. The summed E-state index contributed by atoms with van der Waals surface area (Å²) in [6.45, 7) is 7.59. The van der Waals surface area contributed by atoms with E-state index >= 15 is 0 Å². The number of rotatable bonds is 5. The number of carbonyl (C=O) groups excluding carboxylic acids is 1. The van der Waals surface area contributed by atoms with Crippen LogP contribution in [0.1, 0.15) is 25.4 Å². The van der Waals surface area contributed by atoms with Crippen LogP contribution in [0.25, 0.3) is 0 Å². The van der Waals surface area contributed by atoms with Crippen molar-refractivity contribution in [2.45, 2.75) is 39.4 Å². The average molecular weight is 341 g/mol. The van der Waals surface area contributed by atoms with Crippen molar-refractivity contribution in [2.75, 3.05) is 20.1 Å². The van der Waals surface area contributed by atoms with Crippen molar-refractivity contribution >= 4 is 5.91 Å². The summed E-state index contributed by atoms with van der Waals surface area (Å²) in [5.41, 5.74) is 0.816. The van der Waals surface area contributed by atoms with Crippen molar-refractivity contribution in [3.05, 3.63) is 48.3 Å². The number of nitrogens with zero attached hydrogens (tertiary/aromatic N) is 5. The number of hydrogen-bond acceptors (Lipinski definition) is 4. The molecule has 0 N–H and O–H groups in total. The van der Waals surface area contributed by atoms with Crippen molar-refractivity contribution in [1.82, 2.24) is 24.3 Å². The van der Waals surface area contributed by atoms with Crippen LogP contribution in [0.4, 0.5) is 0 Å². The molecule has 0 radical (unpaired) electrons. The number of amides is 1. The van der Waals surface area contributed by atoms with Crippen LogP contribution in [0.15, 0.2) is 36.8 Å². The zero-order valence-corrected chi connectivity index (χ0v) is 15.3. The molecule has 1 unspecified atom stereocenters. The highest BCUT2D eigenvalue weighted by Gasteiger charge is 2.26. The van der Waals surface area contributed by atoms with E-state index in [2.05, 4.69) is 40.3 Å². The van der Waals surface area contributed by atoms with Crippen molar-refractivity contribution in [2.24, 2.45) is 5.92 Å². The molecular weight excluding hydrogens is 314 g/mol. The third kappa shape index (κ3) is 4.45. The van der Waals surface area contributed by atoms with Crippen LogP contribution >= 0.6 is 0 Å². The average Bonchev–Trinajstić information content (AvgIpc) is 2.94. The summed E-state index contributed by atoms with van der Waals surface area (Å²) in [7, 11) is 2.14. The first-order chi connectivity index (χ1) is 12.0. The molecule has 1 aliphatic rings. The minimum absolute atomic E-state index is 0.118. The first kappa shape index (κ1) is 17.6. The van der Waals surface area contributed by atoms with Crippen LogP contribution in [0.2, 0.25) is 0 Å². The Morgan fingerprint density at radius 1 is 1.28 bits per heavy atom. The van der Waals surface area contributed by atoms with Crippen molar-refractivity contribution in [3.63, 3.8) is 0 Å². The summed E-state index contributed by atoms with van der Waals surface area (Å²) in [4.78, 5) is 25.9. The van der Waals surface area contributed by atoms with Crippen molar-refractivity contribution in [3.8, 4) is 0 Å². The molecular formula is C19H27N5O. The molecule has 0 fully saturated rings. The summed E-state index contributed by atoms with van der Waals surface area (Å²) in [5, 5.41) is 0. The van der Waals surface area contributed by atoms with E-state index < -0.39 is 0 Å². The van der Waals surface area contributed by atoms with E-state index in [1.54, 1.807) is 6.20 Å². The lowest BCUT2D eigenvalue weighted by Crippen LogP contribution is -2.40. The molecule has 0 aromatic carbocycles. The first-order valence-corrected chi connectivity index (χ1v) is 8.91. The number of hydrogen-bond donors (Lipinski definition) is 0. The van der Waals surface area contributed by atoms with Gasteiger partial charge in [-0.15, -0.1) is 0 Å². The minimum Gasteiger partial charge on any atom is -0.334 e. The Labute approximate surface area is 149 Å². The van der Waals surface area contributed by atoms with Gasteiger partial charge >= 0.3 is 0 Å². The van der Waals surface area contributed by atoms with Gasteiger partial charge in [0.15, 0.2) is 0 Å². The molecule has 25 heavy (non-hydrogen) atoms. The molecule has 0 aliphatic carbocycles. The molecule has 3 rings (SSSR count). The molecule has 2 aromatic heterocycles. The van der Waals surface area contributed by atoms with Gasteiger partial charge in [0, 0.05) is 55.9 Å². The molecule has 3 heterocycles. The Hall–Kier alpha value is -2.21. The Morgan fingerprint density at radius 3 is 2.84 bits per heavy atom. The van der Waals surface area contributed by atoms with Gasteiger partial charge in [0.25, 0.3) is 0 Å². The van der Waals surface area contributed by atoms with Gasteiger partial charge in [-0.05, 0) is 33.0 Å². The summed E-state index contributed by atoms with van der Waals surface area (Å²) in [6.07, 6.45) is 5.92. The molecule has 134 valence electrons. The number of carbonyl (C=O) groups is 1. The maximum Gasteiger partial charge on any atom is 0.229 e. The van der Waals surface area contributed by atoms with Gasteiger partial charge in [-0.2, -0.15) is 0 Å². The fourth-order valence-corrected chi connectivity index (χ4v) is 3.23. The van der Waals surface area contributed by atoms with E-state index in [0.29, 0.717) is 24.9 Å². The van der Waals surface area contributed by atoms with E-state index in [1.165, 1.54) is 0 Å². The highest BCUT2D eigenvalue weighted by molar-refractivity contribution is 5.78.